The van der Waals surface area contributed by atoms with Crippen molar-refractivity contribution < 1.29 is 4.42 Å². The number of fused-ring (bicyclic) bond motifs is 10. The first-order valence-electron chi connectivity index (χ1n) is 25.4. The summed E-state index contributed by atoms with van der Waals surface area (Å²) in [6.45, 7) is 40.6. The van der Waals surface area contributed by atoms with E-state index in [1.165, 1.54) is 131 Å². The molecule has 0 amide bonds. The first-order valence-corrected chi connectivity index (χ1v) is 25.4. The lowest BCUT2D eigenvalue weighted by Crippen LogP contribution is -2.62. The SMILES string of the molecule is Cc1cc2c3c(c1)N(c1cc4c(cc1C)C(C)(C)CCC4(C)C)c1c(ccc4c1oc1ccc(C(C)(C)C)cc14)B3c1cc3c(cc1N2c1ccc(C(C)(C)C)cc1C)C(C)(C)CCC3(C)C. The predicted molar refractivity (Wildman–Crippen MR) is 290 cm³/mol. The van der Waals surface area contributed by atoms with Crippen molar-refractivity contribution in [2.45, 2.75) is 176 Å². The maximum Gasteiger partial charge on any atom is 0.252 e. The van der Waals surface area contributed by atoms with Gasteiger partial charge in [-0.1, -0.05) is 139 Å². The van der Waals surface area contributed by atoms with Gasteiger partial charge in [-0.2, -0.15) is 0 Å². The van der Waals surface area contributed by atoms with E-state index < -0.39 is 0 Å². The van der Waals surface area contributed by atoms with Gasteiger partial charge in [0.2, 0.25) is 0 Å². The monoisotopic (exact) mass is 885 g/mol. The average molecular weight is 885 g/mol. The Labute approximate surface area is 402 Å². The van der Waals surface area contributed by atoms with Gasteiger partial charge < -0.3 is 14.2 Å². The highest BCUT2D eigenvalue weighted by atomic mass is 16.3. The largest absolute Gasteiger partial charge is 0.454 e. The maximum absolute atomic E-state index is 7.31. The third-order valence-corrected chi connectivity index (χ3v) is 17.4. The molecular formula is C63H73BN2O. The normalized spacial score (nSPS) is 18.7. The zero-order valence-corrected chi connectivity index (χ0v) is 43.8. The summed E-state index contributed by atoms with van der Waals surface area (Å²) in [7, 11) is 0. The topological polar surface area (TPSA) is 19.6 Å². The van der Waals surface area contributed by atoms with E-state index >= 15 is 0 Å². The molecule has 0 fully saturated rings. The smallest absolute Gasteiger partial charge is 0.252 e. The highest BCUT2D eigenvalue weighted by Gasteiger charge is 2.48. The quantitative estimate of drug-likeness (QED) is 0.161. The first kappa shape index (κ1) is 44.3. The van der Waals surface area contributed by atoms with E-state index in [0.717, 1.165) is 17.6 Å². The lowest BCUT2D eigenvalue weighted by molar-refractivity contribution is 0.332. The van der Waals surface area contributed by atoms with Gasteiger partial charge in [0.1, 0.15) is 5.58 Å². The number of aryl methyl sites for hydroxylation is 3. The molecule has 6 aromatic carbocycles. The molecule has 3 nitrogen and oxygen atoms in total. The highest BCUT2D eigenvalue weighted by Crippen LogP contribution is 2.54. The van der Waals surface area contributed by atoms with E-state index in [1.54, 1.807) is 0 Å². The minimum absolute atomic E-state index is 0.0102. The van der Waals surface area contributed by atoms with Gasteiger partial charge in [-0.15, -0.1) is 0 Å². The van der Waals surface area contributed by atoms with Crippen LogP contribution in [0.1, 0.15) is 173 Å². The molecule has 67 heavy (non-hydrogen) atoms. The Bertz CT molecular complexity index is 3270. The minimum Gasteiger partial charge on any atom is -0.454 e. The number of nitrogens with zero attached hydrogens (tertiary/aromatic N) is 2. The van der Waals surface area contributed by atoms with E-state index in [0.29, 0.717) is 0 Å². The summed E-state index contributed by atoms with van der Waals surface area (Å²) in [5, 5.41) is 2.37. The van der Waals surface area contributed by atoms with Crippen molar-refractivity contribution >= 4 is 79.2 Å². The lowest BCUT2D eigenvalue weighted by atomic mass is 9.33. The van der Waals surface area contributed by atoms with Gasteiger partial charge in [0.25, 0.3) is 6.71 Å². The van der Waals surface area contributed by atoms with Gasteiger partial charge in [-0.05, 0) is 188 Å². The number of hydrogen-bond donors (Lipinski definition) is 0. The summed E-state index contributed by atoms with van der Waals surface area (Å²) in [5.74, 6) is 0. The molecule has 0 atom stereocenters. The van der Waals surface area contributed by atoms with Crippen molar-refractivity contribution in [3.8, 4) is 0 Å². The maximum atomic E-state index is 7.31. The highest BCUT2D eigenvalue weighted by molar-refractivity contribution is 7.00. The zero-order chi connectivity index (χ0) is 47.9. The molecule has 4 aliphatic rings. The summed E-state index contributed by atoms with van der Waals surface area (Å²) >= 11 is 0. The van der Waals surface area contributed by atoms with Crippen molar-refractivity contribution in [1.82, 2.24) is 0 Å². The molecule has 1 aromatic heterocycles. The van der Waals surface area contributed by atoms with E-state index in [1.807, 2.05) is 0 Å². The molecule has 0 saturated carbocycles. The fourth-order valence-corrected chi connectivity index (χ4v) is 12.8. The number of rotatable bonds is 2. The number of benzene rings is 6. The van der Waals surface area contributed by atoms with Crippen LogP contribution < -0.4 is 26.2 Å². The Morgan fingerprint density at radius 3 is 1.55 bits per heavy atom. The molecule has 3 heterocycles. The molecule has 0 bridgehead atoms. The van der Waals surface area contributed by atoms with Crippen molar-refractivity contribution in [2.24, 2.45) is 0 Å². The van der Waals surface area contributed by atoms with Crippen LogP contribution in [0, 0.1) is 20.8 Å². The minimum atomic E-state index is -0.0144. The molecule has 0 N–H and O–H groups in total. The molecular weight excluding hydrogens is 812 g/mol. The van der Waals surface area contributed by atoms with Crippen LogP contribution >= 0.6 is 0 Å². The number of furan rings is 1. The zero-order valence-electron chi connectivity index (χ0n) is 43.8. The van der Waals surface area contributed by atoms with E-state index in [4.69, 9.17) is 4.42 Å². The molecule has 11 rings (SSSR count). The Kier molecular flexibility index (Phi) is 9.23. The molecule has 4 heteroatoms. The third kappa shape index (κ3) is 6.50. The van der Waals surface area contributed by atoms with Crippen molar-refractivity contribution in [2.75, 3.05) is 9.80 Å². The van der Waals surface area contributed by atoms with E-state index in [-0.39, 0.29) is 39.2 Å². The van der Waals surface area contributed by atoms with Crippen molar-refractivity contribution in [3.05, 3.63) is 135 Å². The van der Waals surface area contributed by atoms with Crippen molar-refractivity contribution in [3.63, 3.8) is 0 Å². The average Bonchev–Trinajstić information content (AvgIpc) is 3.62. The lowest BCUT2D eigenvalue weighted by Gasteiger charge is -2.48. The standard InChI is InChI=1S/C63H73BN2O/c1-36-28-52-55-53(29-36)66(50-34-45-43(31-38(50)3)60(10,11)24-26-62(45,14)15)56-47(21-20-41-42-32-40(59(7,8)9)19-23-54(42)67-57(41)56)64(55)48-33-44-46(63(16,17)27-25-61(44,12)13)35-51(48)65(52)49-22-18-39(30-37(49)2)58(4,5)6/h18-23,28-35H,24-27H2,1-17H3. The fraction of sp³-hybridized carbons (Fsp3) is 0.429. The molecule has 7 aromatic rings. The molecule has 2 aliphatic heterocycles. The number of anilines is 6. The first-order chi connectivity index (χ1) is 31.2. The summed E-state index contributed by atoms with van der Waals surface area (Å²) in [6.07, 6.45) is 4.68. The van der Waals surface area contributed by atoms with Crippen LogP contribution in [0.2, 0.25) is 0 Å². The van der Waals surface area contributed by atoms with Crippen LogP contribution in [0.5, 0.6) is 0 Å². The van der Waals surface area contributed by atoms with Gasteiger partial charge in [0.15, 0.2) is 5.58 Å². The van der Waals surface area contributed by atoms with E-state index in [2.05, 4.69) is 212 Å². The predicted octanol–water partition coefficient (Wildman–Crippen LogP) is 15.9. The van der Waals surface area contributed by atoms with E-state index in [9.17, 15) is 0 Å². The Morgan fingerprint density at radius 2 is 0.970 bits per heavy atom. The third-order valence-electron chi connectivity index (χ3n) is 17.4. The summed E-state index contributed by atoms with van der Waals surface area (Å²) in [4.78, 5) is 5.32. The van der Waals surface area contributed by atoms with Gasteiger partial charge in [0.05, 0.1) is 5.69 Å². The van der Waals surface area contributed by atoms with Crippen LogP contribution in [0.25, 0.3) is 21.9 Å². The molecule has 0 spiro atoms. The second kappa shape index (κ2) is 14.0. The van der Waals surface area contributed by atoms with Crippen molar-refractivity contribution in [1.29, 1.82) is 0 Å². The summed E-state index contributed by atoms with van der Waals surface area (Å²) in [6, 6.07) is 34.4. The summed E-state index contributed by atoms with van der Waals surface area (Å²) in [5.41, 5.74) is 26.3. The molecule has 2 aliphatic carbocycles. The Balaban J connectivity index is 1.29. The number of hydrogen-bond acceptors (Lipinski definition) is 3. The van der Waals surface area contributed by atoms with Crippen LogP contribution in [0.3, 0.4) is 0 Å². The van der Waals surface area contributed by atoms with Crippen LogP contribution in [-0.2, 0) is 32.5 Å². The second-order valence-corrected chi connectivity index (χ2v) is 26.2. The second-order valence-electron chi connectivity index (χ2n) is 26.2. The van der Waals surface area contributed by atoms with Gasteiger partial charge >= 0.3 is 0 Å². The Morgan fingerprint density at radius 1 is 0.463 bits per heavy atom. The van der Waals surface area contributed by atoms with Gasteiger partial charge in [-0.3, -0.25) is 0 Å². The molecule has 0 unspecified atom stereocenters. The fourth-order valence-electron chi connectivity index (χ4n) is 12.8. The van der Waals surface area contributed by atoms with Gasteiger partial charge in [-0.25, -0.2) is 0 Å². The molecule has 344 valence electrons. The summed E-state index contributed by atoms with van der Waals surface area (Å²) < 4.78 is 7.31. The molecule has 0 saturated heterocycles. The van der Waals surface area contributed by atoms with Crippen LogP contribution in [0.4, 0.5) is 34.1 Å². The van der Waals surface area contributed by atoms with Crippen LogP contribution in [0.15, 0.2) is 89.3 Å². The Hall–Kier alpha value is -5.22. The molecule has 0 radical (unpaired) electrons. The van der Waals surface area contributed by atoms with Crippen LogP contribution in [-0.4, -0.2) is 6.71 Å². The van der Waals surface area contributed by atoms with Gasteiger partial charge in [0, 0.05) is 39.2 Å².